The molecule has 3 heteroatoms. The van der Waals surface area contributed by atoms with Gasteiger partial charge >= 0.3 is 222 Å². The van der Waals surface area contributed by atoms with Gasteiger partial charge in [-0.2, -0.15) is 0 Å². The fourth-order valence-electron chi connectivity index (χ4n) is 5.38. The molecular formula is C33H30OSSn. The Balaban J connectivity index is 1.77. The predicted octanol–water partition coefficient (Wildman–Crippen LogP) is 5.97. The number of aryl methyl sites for hydroxylation is 1. The Hall–Kier alpha value is -2.95. The predicted molar refractivity (Wildman–Crippen MR) is 155 cm³/mol. The molecule has 36 heavy (non-hydrogen) atoms. The van der Waals surface area contributed by atoms with Crippen molar-refractivity contribution in [3.63, 3.8) is 0 Å². The van der Waals surface area contributed by atoms with Crippen molar-refractivity contribution in [2.75, 3.05) is 0 Å². The van der Waals surface area contributed by atoms with Crippen molar-refractivity contribution >= 4 is 39.9 Å². The molecule has 2 atom stereocenters. The zero-order valence-electron chi connectivity index (χ0n) is 20.7. The second-order valence-corrected chi connectivity index (χ2v) is 22.7. The number of hydrogen-bond donors (Lipinski definition) is 0. The van der Waals surface area contributed by atoms with E-state index in [2.05, 4.69) is 123 Å². The van der Waals surface area contributed by atoms with Crippen molar-refractivity contribution in [2.24, 2.45) is 0 Å². The topological polar surface area (TPSA) is 17.1 Å². The second kappa shape index (κ2) is 11.0. The Morgan fingerprint density at radius 2 is 0.972 bits per heavy atom. The van der Waals surface area contributed by atoms with Crippen molar-refractivity contribution in [3.8, 4) is 0 Å². The molecule has 0 aliphatic carbocycles. The van der Waals surface area contributed by atoms with Gasteiger partial charge in [-0.15, -0.1) is 0 Å². The van der Waals surface area contributed by atoms with Gasteiger partial charge in [0.25, 0.3) is 0 Å². The van der Waals surface area contributed by atoms with Crippen LogP contribution in [0.3, 0.4) is 0 Å². The van der Waals surface area contributed by atoms with Gasteiger partial charge in [0, 0.05) is 0 Å². The molecular weight excluding hydrogens is 563 g/mol. The molecule has 0 spiro atoms. The summed E-state index contributed by atoms with van der Waals surface area (Å²) in [6, 6.07) is 49.6. The molecule has 1 unspecified atom stereocenters. The van der Waals surface area contributed by atoms with Crippen LogP contribution in [0.25, 0.3) is 0 Å². The Morgan fingerprint density at radius 1 is 0.556 bits per heavy atom. The van der Waals surface area contributed by atoms with Crippen molar-refractivity contribution in [3.05, 3.63) is 151 Å². The van der Waals surface area contributed by atoms with Gasteiger partial charge < -0.3 is 0 Å². The average molecular weight is 593 g/mol. The van der Waals surface area contributed by atoms with Crippen LogP contribution in [0.5, 0.6) is 0 Å². The van der Waals surface area contributed by atoms with Crippen LogP contribution >= 0.6 is 0 Å². The fourth-order valence-corrected chi connectivity index (χ4v) is 22.3. The number of rotatable bonds is 7. The molecule has 1 nitrogen and oxygen atoms in total. The number of hydrogen-bond acceptors (Lipinski definition) is 1. The maximum absolute atomic E-state index is 14.0. The fraction of sp³-hybridized carbons (Fsp3) is 0.0909. The molecule has 0 heterocycles. The van der Waals surface area contributed by atoms with E-state index in [0.717, 1.165) is 9.79 Å². The Kier molecular flexibility index (Phi) is 7.54. The minimum absolute atomic E-state index is 0.206. The van der Waals surface area contributed by atoms with Crippen molar-refractivity contribution in [1.82, 2.24) is 0 Å². The van der Waals surface area contributed by atoms with E-state index in [-0.39, 0.29) is 3.93 Å². The van der Waals surface area contributed by atoms with Gasteiger partial charge in [0.15, 0.2) is 0 Å². The van der Waals surface area contributed by atoms with Crippen molar-refractivity contribution < 1.29 is 4.21 Å². The second-order valence-electron chi connectivity index (χ2n) is 9.25. The van der Waals surface area contributed by atoms with Gasteiger partial charge in [-0.25, -0.2) is 0 Å². The van der Waals surface area contributed by atoms with Gasteiger partial charge in [0.2, 0.25) is 0 Å². The van der Waals surface area contributed by atoms with Crippen LogP contribution in [-0.4, -0.2) is 22.6 Å². The summed E-state index contributed by atoms with van der Waals surface area (Å²) in [5.74, 6) is 0. The first-order valence-corrected chi connectivity index (χ1v) is 19.4. The summed E-state index contributed by atoms with van der Waals surface area (Å²) in [5.41, 5.74) is 2.36. The first-order chi connectivity index (χ1) is 17.6. The minimum atomic E-state index is -3.67. The third kappa shape index (κ3) is 4.60. The van der Waals surface area contributed by atoms with E-state index in [9.17, 15) is 4.21 Å². The van der Waals surface area contributed by atoms with Crippen LogP contribution in [0.2, 0.25) is 0 Å². The van der Waals surface area contributed by atoms with Gasteiger partial charge in [0.1, 0.15) is 0 Å². The molecule has 0 aliphatic rings. The Morgan fingerprint density at radius 3 is 1.44 bits per heavy atom. The summed E-state index contributed by atoms with van der Waals surface area (Å²) < 4.78 is 18.4. The molecule has 0 saturated heterocycles. The molecule has 5 aromatic carbocycles. The molecule has 0 N–H and O–H groups in total. The molecule has 0 amide bonds. The van der Waals surface area contributed by atoms with Crippen molar-refractivity contribution in [2.45, 2.75) is 27.6 Å². The van der Waals surface area contributed by atoms with Crippen LogP contribution in [0.1, 0.15) is 22.0 Å². The van der Waals surface area contributed by atoms with E-state index in [4.69, 9.17) is 0 Å². The van der Waals surface area contributed by atoms with Crippen LogP contribution in [-0.2, 0) is 10.8 Å². The summed E-state index contributed by atoms with van der Waals surface area (Å²) in [6.07, 6.45) is 0. The summed E-state index contributed by atoms with van der Waals surface area (Å²) in [4.78, 5) is 1.76. The van der Waals surface area contributed by atoms with Crippen LogP contribution < -0.4 is 10.7 Å². The third-order valence-electron chi connectivity index (χ3n) is 7.16. The molecule has 5 rings (SSSR count). The van der Waals surface area contributed by atoms with Gasteiger partial charge in [-0.3, -0.25) is 0 Å². The van der Waals surface area contributed by atoms with E-state index < -0.39 is 29.2 Å². The van der Waals surface area contributed by atoms with Crippen molar-refractivity contribution in [1.29, 1.82) is 0 Å². The molecule has 0 aromatic heterocycles. The zero-order chi connectivity index (χ0) is 25.0. The summed E-state index contributed by atoms with van der Waals surface area (Å²) in [7, 11) is -1.26. The molecule has 178 valence electrons. The average Bonchev–Trinajstić information content (AvgIpc) is 2.95. The zero-order valence-corrected chi connectivity index (χ0v) is 24.3. The van der Waals surface area contributed by atoms with Crippen LogP contribution in [0.4, 0.5) is 0 Å². The summed E-state index contributed by atoms with van der Waals surface area (Å²) in [5, 5.41) is 0. The summed E-state index contributed by atoms with van der Waals surface area (Å²) in [6.45, 7) is 4.43. The Bertz CT molecular complexity index is 1350. The molecule has 0 bridgehead atoms. The molecule has 0 aliphatic heterocycles. The normalized spacial score (nSPS) is 13.2. The first kappa shape index (κ1) is 24.7. The van der Waals surface area contributed by atoms with E-state index in [1.165, 1.54) is 21.9 Å². The monoisotopic (exact) mass is 594 g/mol. The van der Waals surface area contributed by atoms with Gasteiger partial charge in [0.05, 0.1) is 0 Å². The third-order valence-corrected chi connectivity index (χ3v) is 23.9. The Labute approximate surface area is 221 Å². The molecule has 0 fully saturated rings. The first-order valence-electron chi connectivity index (χ1n) is 12.4. The van der Waals surface area contributed by atoms with E-state index in [1.807, 2.05) is 30.3 Å². The molecule has 0 saturated carbocycles. The standard InChI is InChI=1S/C15H15OS.3C6H5.Sn/c1-3-13-6-4-5-7-15(13)17(16)14-10-8-12(2)9-11-14;3*1-2-4-6-5-3-1;/h3-11H,1-2H3;3*1-5H;. The number of benzene rings is 5. The van der Waals surface area contributed by atoms with Crippen LogP contribution in [0, 0.1) is 6.92 Å². The van der Waals surface area contributed by atoms with E-state index >= 15 is 0 Å². The van der Waals surface area contributed by atoms with Gasteiger partial charge in [-0.1, -0.05) is 0 Å². The van der Waals surface area contributed by atoms with Gasteiger partial charge in [-0.05, 0) is 0 Å². The quantitative estimate of drug-likeness (QED) is 0.213. The van der Waals surface area contributed by atoms with E-state index in [1.54, 1.807) is 0 Å². The maximum atomic E-state index is 14.0. The van der Waals surface area contributed by atoms with Crippen LogP contribution in [0.15, 0.2) is 149 Å². The SMILES string of the molecule is Cc1ccc(S(=O)c2ccccc2[C@H](C)[Sn]([c]2ccccc2)([c]2ccccc2)[c]2ccccc2)cc1. The summed E-state index contributed by atoms with van der Waals surface area (Å²) >= 11 is -3.67. The van der Waals surface area contributed by atoms with E-state index in [0.29, 0.717) is 0 Å². The molecule has 5 aromatic rings. The molecule has 0 radical (unpaired) electrons.